The number of carbonyl (C=O) groups excluding carboxylic acids is 1. The Labute approximate surface area is 165 Å². The van der Waals surface area contributed by atoms with Gasteiger partial charge in [-0.25, -0.2) is 8.42 Å². The van der Waals surface area contributed by atoms with Crippen molar-refractivity contribution in [3.8, 4) is 5.75 Å². The lowest BCUT2D eigenvalue weighted by Crippen LogP contribution is -2.46. The molecule has 2 aromatic rings. The van der Waals surface area contributed by atoms with Crippen molar-refractivity contribution >= 4 is 15.9 Å². The van der Waals surface area contributed by atoms with Crippen molar-refractivity contribution < 1.29 is 17.9 Å². The maximum atomic E-state index is 12.9. The molecule has 1 fully saturated rings. The van der Waals surface area contributed by atoms with E-state index in [1.165, 1.54) is 4.31 Å². The normalized spacial score (nSPS) is 22.7. The Morgan fingerprint density at radius 2 is 1.79 bits per heavy atom. The second-order valence-corrected chi connectivity index (χ2v) is 9.19. The molecular weight excluding hydrogens is 376 g/mol. The standard InChI is InChI=1S/C21H24N2O4S/c24-21(22-19-12-14-27-20-11-5-4-10-18(19)20)16-7-6-13-23(15-16)28(25,26)17-8-2-1-3-9-17/h1-5,8-11,16,19H,6-7,12-15H2,(H,22,24)/t16-,19+/m0/s1. The lowest BCUT2D eigenvalue weighted by atomic mass is 9.96. The molecule has 1 N–H and O–H groups in total. The van der Waals surface area contributed by atoms with Crippen molar-refractivity contribution in [2.75, 3.05) is 19.7 Å². The average molecular weight is 401 g/mol. The van der Waals surface area contributed by atoms with Crippen molar-refractivity contribution in [2.24, 2.45) is 5.92 Å². The van der Waals surface area contributed by atoms with Gasteiger partial charge in [0, 0.05) is 25.1 Å². The van der Waals surface area contributed by atoms with Crippen LogP contribution in [-0.2, 0) is 14.8 Å². The average Bonchev–Trinajstić information content (AvgIpc) is 2.75. The molecule has 7 heteroatoms. The summed E-state index contributed by atoms with van der Waals surface area (Å²) >= 11 is 0. The zero-order valence-electron chi connectivity index (χ0n) is 15.6. The molecule has 2 aromatic carbocycles. The molecule has 2 aliphatic rings. The highest BCUT2D eigenvalue weighted by Gasteiger charge is 2.34. The molecule has 0 aromatic heterocycles. The van der Waals surface area contributed by atoms with E-state index in [0.717, 1.165) is 11.3 Å². The molecule has 0 saturated carbocycles. The Morgan fingerprint density at radius 3 is 2.61 bits per heavy atom. The van der Waals surface area contributed by atoms with E-state index in [2.05, 4.69) is 5.32 Å². The first-order valence-corrected chi connectivity index (χ1v) is 11.1. The number of nitrogens with one attached hydrogen (secondary N) is 1. The third-order valence-electron chi connectivity index (χ3n) is 5.41. The molecule has 148 valence electrons. The molecule has 4 rings (SSSR count). The number of benzene rings is 2. The van der Waals surface area contributed by atoms with Gasteiger partial charge in [0.05, 0.1) is 23.5 Å². The van der Waals surface area contributed by atoms with Crippen LogP contribution < -0.4 is 10.1 Å². The molecule has 1 saturated heterocycles. The molecule has 0 aliphatic carbocycles. The number of sulfonamides is 1. The summed E-state index contributed by atoms with van der Waals surface area (Å²) in [6, 6.07) is 16.0. The minimum Gasteiger partial charge on any atom is -0.493 e. The zero-order chi connectivity index (χ0) is 19.6. The van der Waals surface area contributed by atoms with Crippen LogP contribution in [0.4, 0.5) is 0 Å². The van der Waals surface area contributed by atoms with Crippen LogP contribution >= 0.6 is 0 Å². The first-order valence-electron chi connectivity index (χ1n) is 9.63. The van der Waals surface area contributed by atoms with Gasteiger partial charge in [-0.3, -0.25) is 4.79 Å². The monoisotopic (exact) mass is 400 g/mol. The predicted octanol–water partition coefficient (Wildman–Crippen LogP) is 2.73. The Bertz CT molecular complexity index is 946. The summed E-state index contributed by atoms with van der Waals surface area (Å²) in [5, 5.41) is 3.12. The molecule has 2 aliphatic heterocycles. The summed E-state index contributed by atoms with van der Waals surface area (Å²) in [5.41, 5.74) is 0.978. The maximum absolute atomic E-state index is 12.9. The van der Waals surface area contributed by atoms with Gasteiger partial charge in [-0.05, 0) is 31.0 Å². The fraction of sp³-hybridized carbons (Fsp3) is 0.381. The van der Waals surface area contributed by atoms with Crippen molar-refractivity contribution in [1.82, 2.24) is 9.62 Å². The van der Waals surface area contributed by atoms with Crippen LogP contribution in [0.5, 0.6) is 5.75 Å². The predicted molar refractivity (Wildman–Crippen MR) is 105 cm³/mol. The number of carbonyl (C=O) groups is 1. The molecule has 0 unspecified atom stereocenters. The summed E-state index contributed by atoms with van der Waals surface area (Å²) in [5.74, 6) is 0.368. The molecule has 0 spiro atoms. The van der Waals surface area contributed by atoms with E-state index in [-0.39, 0.29) is 29.3 Å². The van der Waals surface area contributed by atoms with E-state index >= 15 is 0 Å². The molecule has 0 bridgehead atoms. The van der Waals surface area contributed by atoms with E-state index in [0.29, 0.717) is 32.4 Å². The quantitative estimate of drug-likeness (QED) is 0.856. The van der Waals surface area contributed by atoms with Gasteiger partial charge in [0.1, 0.15) is 5.75 Å². The number of amides is 1. The number of nitrogens with zero attached hydrogens (tertiary/aromatic N) is 1. The lowest BCUT2D eigenvalue weighted by Gasteiger charge is -2.33. The Hall–Kier alpha value is -2.38. The maximum Gasteiger partial charge on any atom is 0.243 e. The largest absolute Gasteiger partial charge is 0.493 e. The first kappa shape index (κ1) is 19.0. The van der Waals surface area contributed by atoms with Crippen LogP contribution in [0.2, 0.25) is 0 Å². The van der Waals surface area contributed by atoms with Gasteiger partial charge < -0.3 is 10.1 Å². The highest BCUT2D eigenvalue weighted by atomic mass is 32.2. The minimum atomic E-state index is -3.58. The van der Waals surface area contributed by atoms with E-state index in [1.54, 1.807) is 30.3 Å². The van der Waals surface area contributed by atoms with Gasteiger partial charge >= 0.3 is 0 Å². The Morgan fingerprint density at radius 1 is 1.04 bits per heavy atom. The molecule has 28 heavy (non-hydrogen) atoms. The molecule has 1 amide bonds. The number of rotatable bonds is 4. The van der Waals surface area contributed by atoms with Crippen molar-refractivity contribution in [3.05, 3.63) is 60.2 Å². The SMILES string of the molecule is O=C(N[C@@H]1CCOc2ccccc21)[C@H]1CCCN(S(=O)(=O)c2ccccc2)C1. The summed E-state index contributed by atoms with van der Waals surface area (Å²) in [7, 11) is -3.58. The summed E-state index contributed by atoms with van der Waals surface area (Å²) in [6.45, 7) is 1.22. The number of hydrogen-bond donors (Lipinski definition) is 1. The van der Waals surface area contributed by atoms with Crippen molar-refractivity contribution in [1.29, 1.82) is 0 Å². The van der Waals surface area contributed by atoms with Crippen LogP contribution in [0, 0.1) is 5.92 Å². The van der Waals surface area contributed by atoms with Crippen molar-refractivity contribution in [2.45, 2.75) is 30.2 Å². The highest BCUT2D eigenvalue weighted by Crippen LogP contribution is 2.32. The highest BCUT2D eigenvalue weighted by molar-refractivity contribution is 7.89. The lowest BCUT2D eigenvalue weighted by molar-refractivity contribution is -0.127. The molecular formula is C21H24N2O4S. The number of fused-ring (bicyclic) bond motifs is 1. The Kier molecular flexibility index (Phi) is 5.37. The fourth-order valence-corrected chi connectivity index (χ4v) is 5.44. The van der Waals surface area contributed by atoms with Crippen LogP contribution in [-0.4, -0.2) is 38.3 Å². The van der Waals surface area contributed by atoms with Crippen LogP contribution in [0.3, 0.4) is 0 Å². The van der Waals surface area contributed by atoms with Gasteiger partial charge in [-0.2, -0.15) is 4.31 Å². The number of piperidine rings is 1. The number of para-hydroxylation sites is 1. The van der Waals surface area contributed by atoms with Gasteiger partial charge in [0.15, 0.2) is 0 Å². The second kappa shape index (κ2) is 7.93. The fourth-order valence-electron chi connectivity index (χ4n) is 3.90. The number of hydrogen-bond acceptors (Lipinski definition) is 4. The summed E-state index contributed by atoms with van der Waals surface area (Å²) in [4.78, 5) is 13.2. The van der Waals surface area contributed by atoms with Crippen molar-refractivity contribution in [3.63, 3.8) is 0 Å². The van der Waals surface area contributed by atoms with Crippen LogP contribution in [0.1, 0.15) is 30.9 Å². The van der Waals surface area contributed by atoms with Crippen LogP contribution in [0.15, 0.2) is 59.5 Å². The van der Waals surface area contributed by atoms with E-state index < -0.39 is 10.0 Å². The summed E-state index contributed by atoms with van der Waals surface area (Å²) in [6.07, 6.45) is 2.08. The van der Waals surface area contributed by atoms with Gasteiger partial charge in [0.25, 0.3) is 0 Å². The molecule has 6 nitrogen and oxygen atoms in total. The Balaban J connectivity index is 1.46. The van der Waals surface area contributed by atoms with Gasteiger partial charge in [-0.1, -0.05) is 36.4 Å². The third-order valence-corrected chi connectivity index (χ3v) is 7.29. The molecule has 0 radical (unpaired) electrons. The molecule has 2 heterocycles. The van der Waals surface area contributed by atoms with Gasteiger partial charge in [0.2, 0.25) is 15.9 Å². The second-order valence-electron chi connectivity index (χ2n) is 7.25. The topological polar surface area (TPSA) is 75.7 Å². The van der Waals surface area contributed by atoms with E-state index in [9.17, 15) is 13.2 Å². The van der Waals surface area contributed by atoms with Gasteiger partial charge in [-0.15, -0.1) is 0 Å². The smallest absolute Gasteiger partial charge is 0.243 e. The zero-order valence-corrected chi connectivity index (χ0v) is 16.4. The van der Waals surface area contributed by atoms with Crippen LogP contribution in [0.25, 0.3) is 0 Å². The first-order chi connectivity index (χ1) is 13.6. The molecule has 2 atom stereocenters. The number of ether oxygens (including phenoxy) is 1. The summed E-state index contributed by atoms with van der Waals surface area (Å²) < 4.78 is 32.9. The minimum absolute atomic E-state index is 0.0883. The van der Waals surface area contributed by atoms with E-state index in [1.807, 2.05) is 24.3 Å². The third kappa shape index (κ3) is 3.77. The van der Waals surface area contributed by atoms with E-state index in [4.69, 9.17) is 4.74 Å².